The molecule has 0 radical (unpaired) electrons. The average molecular weight is 217 g/mol. The first-order valence-corrected chi connectivity index (χ1v) is 6.35. The van der Waals surface area contributed by atoms with Gasteiger partial charge in [0.05, 0.1) is 6.61 Å². The maximum absolute atomic E-state index is 5.97. The van der Waals surface area contributed by atoms with Crippen LogP contribution in [0.2, 0.25) is 0 Å². The predicted molar refractivity (Wildman–Crippen MR) is 64.1 cm³/mol. The van der Waals surface area contributed by atoms with Gasteiger partial charge in [-0.2, -0.15) is 0 Å². The molecule has 0 aromatic heterocycles. The maximum Gasteiger partial charge on any atom is 0.119 e. The molecule has 1 aliphatic carbocycles. The van der Waals surface area contributed by atoms with Gasteiger partial charge in [-0.05, 0) is 37.7 Å². The highest BCUT2D eigenvalue weighted by atomic mass is 16.5. The normalized spacial score (nSPS) is 28.4. The molecule has 3 rings (SSSR count). The molecular weight excluding hydrogens is 198 g/mol. The van der Waals surface area contributed by atoms with Gasteiger partial charge in [-0.15, -0.1) is 0 Å². The molecule has 1 spiro atoms. The molecule has 1 saturated heterocycles. The molecule has 0 amide bonds. The Labute approximate surface area is 97.0 Å². The molecule has 2 aliphatic rings. The number of hydrogen-bond donors (Lipinski definition) is 1. The summed E-state index contributed by atoms with van der Waals surface area (Å²) in [5.74, 6) is 0. The molecule has 2 heteroatoms. The molecule has 1 unspecified atom stereocenters. The standard InChI is InChI=1S/C14H19NO/c1-2-6-12(7-3-1)13-8-11-16-14(15-13)9-4-5-10-14/h1-3,6-7,13,15H,4-5,8-11H2. The van der Waals surface area contributed by atoms with Crippen molar-refractivity contribution in [3.63, 3.8) is 0 Å². The Hall–Kier alpha value is -0.860. The van der Waals surface area contributed by atoms with Crippen LogP contribution in [0.3, 0.4) is 0 Å². The number of nitrogens with one attached hydrogen (secondary N) is 1. The second kappa shape index (κ2) is 4.19. The lowest BCUT2D eigenvalue weighted by molar-refractivity contribution is -0.106. The van der Waals surface area contributed by atoms with Crippen LogP contribution in [0.15, 0.2) is 30.3 Å². The third-order valence-electron chi connectivity index (χ3n) is 3.84. The van der Waals surface area contributed by atoms with Gasteiger partial charge in [0.2, 0.25) is 0 Å². The molecule has 86 valence electrons. The van der Waals surface area contributed by atoms with Crippen molar-refractivity contribution in [3.05, 3.63) is 35.9 Å². The van der Waals surface area contributed by atoms with Crippen LogP contribution >= 0.6 is 0 Å². The van der Waals surface area contributed by atoms with Crippen molar-refractivity contribution in [2.75, 3.05) is 6.61 Å². The van der Waals surface area contributed by atoms with Crippen LogP contribution in [0.1, 0.15) is 43.7 Å². The van der Waals surface area contributed by atoms with E-state index in [2.05, 4.69) is 35.6 Å². The van der Waals surface area contributed by atoms with E-state index in [4.69, 9.17) is 4.74 Å². The molecule has 1 atom stereocenters. The number of rotatable bonds is 1. The highest BCUT2D eigenvalue weighted by Gasteiger charge is 2.39. The largest absolute Gasteiger partial charge is 0.361 e. The zero-order chi connectivity index (χ0) is 10.8. The van der Waals surface area contributed by atoms with Crippen molar-refractivity contribution in [1.82, 2.24) is 5.32 Å². The van der Waals surface area contributed by atoms with Gasteiger partial charge in [0, 0.05) is 6.04 Å². The average Bonchev–Trinajstić information content (AvgIpc) is 2.78. The summed E-state index contributed by atoms with van der Waals surface area (Å²) in [4.78, 5) is 0. The Morgan fingerprint density at radius 2 is 1.88 bits per heavy atom. The lowest BCUT2D eigenvalue weighted by atomic mass is 9.99. The Balaban J connectivity index is 1.77. The van der Waals surface area contributed by atoms with Gasteiger partial charge in [-0.1, -0.05) is 30.3 Å². The summed E-state index contributed by atoms with van der Waals surface area (Å²) in [6.45, 7) is 0.895. The summed E-state index contributed by atoms with van der Waals surface area (Å²) in [5.41, 5.74) is 1.40. The maximum atomic E-state index is 5.97. The summed E-state index contributed by atoms with van der Waals surface area (Å²) >= 11 is 0. The summed E-state index contributed by atoms with van der Waals surface area (Å²) in [6, 6.07) is 11.2. The Kier molecular flexibility index (Phi) is 2.70. The van der Waals surface area contributed by atoms with Crippen LogP contribution in [0.5, 0.6) is 0 Å². The summed E-state index contributed by atoms with van der Waals surface area (Å²) in [7, 11) is 0. The van der Waals surface area contributed by atoms with Gasteiger partial charge in [0.15, 0.2) is 0 Å². The minimum absolute atomic E-state index is 0.00123. The zero-order valence-corrected chi connectivity index (χ0v) is 9.61. The van der Waals surface area contributed by atoms with Gasteiger partial charge < -0.3 is 4.74 Å². The molecule has 16 heavy (non-hydrogen) atoms. The second-order valence-electron chi connectivity index (χ2n) is 4.95. The molecule has 2 nitrogen and oxygen atoms in total. The van der Waals surface area contributed by atoms with Crippen molar-refractivity contribution in [2.45, 2.75) is 43.9 Å². The minimum Gasteiger partial charge on any atom is -0.361 e. The van der Waals surface area contributed by atoms with Gasteiger partial charge in [0.25, 0.3) is 0 Å². The second-order valence-corrected chi connectivity index (χ2v) is 4.95. The highest BCUT2D eigenvalue weighted by molar-refractivity contribution is 5.20. The third kappa shape index (κ3) is 1.87. The van der Waals surface area contributed by atoms with E-state index < -0.39 is 0 Å². The van der Waals surface area contributed by atoms with E-state index in [1.54, 1.807) is 0 Å². The van der Waals surface area contributed by atoms with Crippen molar-refractivity contribution in [2.24, 2.45) is 0 Å². The van der Waals surface area contributed by atoms with Crippen molar-refractivity contribution < 1.29 is 4.74 Å². The molecule has 2 fully saturated rings. The van der Waals surface area contributed by atoms with E-state index in [9.17, 15) is 0 Å². The fourth-order valence-electron chi connectivity index (χ4n) is 2.97. The lowest BCUT2D eigenvalue weighted by Gasteiger charge is -2.40. The topological polar surface area (TPSA) is 21.3 Å². The fraction of sp³-hybridized carbons (Fsp3) is 0.571. The van der Waals surface area contributed by atoms with Gasteiger partial charge in [0.1, 0.15) is 5.72 Å². The number of ether oxygens (including phenoxy) is 1. The fourth-order valence-corrected chi connectivity index (χ4v) is 2.97. The molecule has 1 aliphatic heterocycles. The zero-order valence-electron chi connectivity index (χ0n) is 9.61. The van der Waals surface area contributed by atoms with Crippen LogP contribution in [0.25, 0.3) is 0 Å². The van der Waals surface area contributed by atoms with Crippen LogP contribution in [0.4, 0.5) is 0 Å². The van der Waals surface area contributed by atoms with Crippen molar-refractivity contribution in [3.8, 4) is 0 Å². The molecule has 1 aromatic carbocycles. The molecule has 1 aromatic rings. The molecule has 1 saturated carbocycles. The first-order chi connectivity index (χ1) is 7.88. The van der Waals surface area contributed by atoms with Gasteiger partial charge in [-0.3, -0.25) is 5.32 Å². The van der Waals surface area contributed by atoms with E-state index in [1.165, 1.54) is 31.2 Å². The van der Waals surface area contributed by atoms with Crippen molar-refractivity contribution in [1.29, 1.82) is 0 Å². The Morgan fingerprint density at radius 1 is 1.12 bits per heavy atom. The highest BCUT2D eigenvalue weighted by Crippen LogP contribution is 2.37. The van der Waals surface area contributed by atoms with Gasteiger partial charge in [-0.25, -0.2) is 0 Å². The summed E-state index contributed by atoms with van der Waals surface area (Å²) < 4.78 is 5.97. The third-order valence-corrected chi connectivity index (χ3v) is 3.84. The number of benzene rings is 1. The molecule has 1 heterocycles. The smallest absolute Gasteiger partial charge is 0.119 e. The van der Waals surface area contributed by atoms with Crippen LogP contribution in [-0.2, 0) is 4.74 Å². The van der Waals surface area contributed by atoms with E-state index in [0.29, 0.717) is 6.04 Å². The lowest BCUT2D eigenvalue weighted by Crippen LogP contribution is -2.51. The van der Waals surface area contributed by atoms with Gasteiger partial charge >= 0.3 is 0 Å². The summed E-state index contributed by atoms with van der Waals surface area (Å²) in [5, 5.41) is 3.72. The number of hydrogen-bond acceptors (Lipinski definition) is 2. The first kappa shape index (κ1) is 10.3. The first-order valence-electron chi connectivity index (χ1n) is 6.35. The molecule has 1 N–H and O–H groups in total. The van der Waals surface area contributed by atoms with E-state index >= 15 is 0 Å². The van der Waals surface area contributed by atoms with E-state index in [-0.39, 0.29) is 5.72 Å². The molecule has 0 bridgehead atoms. The van der Waals surface area contributed by atoms with Crippen LogP contribution < -0.4 is 5.32 Å². The predicted octanol–water partition coefficient (Wildman–Crippen LogP) is 3.01. The quantitative estimate of drug-likeness (QED) is 0.780. The van der Waals surface area contributed by atoms with Crippen molar-refractivity contribution >= 4 is 0 Å². The monoisotopic (exact) mass is 217 g/mol. The Bertz CT molecular complexity index is 343. The van der Waals surface area contributed by atoms with E-state index in [0.717, 1.165) is 13.0 Å². The minimum atomic E-state index is -0.00123. The molecular formula is C14H19NO. The Morgan fingerprint density at radius 3 is 2.62 bits per heavy atom. The van der Waals surface area contributed by atoms with Crippen LogP contribution in [0, 0.1) is 0 Å². The summed E-state index contributed by atoms with van der Waals surface area (Å²) in [6.07, 6.45) is 6.04. The SMILES string of the molecule is c1ccc(C2CCOC3(CCCC3)N2)cc1. The van der Waals surface area contributed by atoms with Crippen LogP contribution in [-0.4, -0.2) is 12.3 Å². The van der Waals surface area contributed by atoms with E-state index in [1.807, 2.05) is 0 Å².